The summed E-state index contributed by atoms with van der Waals surface area (Å²) < 4.78 is 0. The SMILES string of the molecule is CN=C(NCc1cccnc1N(C)C)NC1CCN(c2cccs2)CC1.I. The molecule has 0 amide bonds. The summed E-state index contributed by atoms with van der Waals surface area (Å²) in [7, 11) is 5.85. The van der Waals surface area contributed by atoms with Crippen molar-refractivity contribution in [2.45, 2.75) is 25.4 Å². The molecule has 1 aliphatic heterocycles. The van der Waals surface area contributed by atoms with Crippen LogP contribution in [0.3, 0.4) is 0 Å². The molecule has 1 saturated heterocycles. The summed E-state index contributed by atoms with van der Waals surface area (Å²) in [5.41, 5.74) is 1.16. The lowest BCUT2D eigenvalue weighted by atomic mass is 10.1. The molecule has 8 heteroatoms. The first-order valence-corrected chi connectivity index (χ1v) is 9.92. The summed E-state index contributed by atoms with van der Waals surface area (Å²) >= 11 is 1.82. The van der Waals surface area contributed by atoms with E-state index in [0.29, 0.717) is 12.6 Å². The molecular weight excluding hydrogens is 471 g/mol. The van der Waals surface area contributed by atoms with Gasteiger partial charge in [-0.25, -0.2) is 4.98 Å². The number of aromatic nitrogens is 1. The van der Waals surface area contributed by atoms with Crippen LogP contribution in [0.2, 0.25) is 0 Å². The average Bonchev–Trinajstić information content (AvgIpc) is 3.20. The van der Waals surface area contributed by atoms with E-state index in [2.05, 4.69) is 49.1 Å². The van der Waals surface area contributed by atoms with Crippen molar-refractivity contribution in [3.05, 3.63) is 41.4 Å². The highest BCUT2D eigenvalue weighted by Gasteiger charge is 2.20. The number of guanidine groups is 1. The number of hydrogen-bond donors (Lipinski definition) is 2. The van der Waals surface area contributed by atoms with Crippen LogP contribution >= 0.6 is 35.3 Å². The van der Waals surface area contributed by atoms with Crippen LogP contribution < -0.4 is 20.4 Å². The molecule has 0 bridgehead atoms. The predicted molar refractivity (Wildman–Crippen MR) is 127 cm³/mol. The number of rotatable bonds is 5. The van der Waals surface area contributed by atoms with Crippen LogP contribution in [0.1, 0.15) is 18.4 Å². The van der Waals surface area contributed by atoms with E-state index in [-0.39, 0.29) is 24.0 Å². The molecule has 2 aromatic rings. The Kier molecular flexibility index (Phi) is 8.62. The predicted octanol–water partition coefficient (Wildman–Crippen LogP) is 3.16. The minimum Gasteiger partial charge on any atom is -0.363 e. The summed E-state index contributed by atoms with van der Waals surface area (Å²) in [6, 6.07) is 8.86. The Hall–Kier alpha value is -1.55. The van der Waals surface area contributed by atoms with Crippen LogP contribution in [0.4, 0.5) is 10.8 Å². The third-order valence-corrected chi connectivity index (χ3v) is 5.54. The molecule has 0 radical (unpaired) electrons. The van der Waals surface area contributed by atoms with Gasteiger partial charge in [-0.15, -0.1) is 35.3 Å². The highest BCUT2D eigenvalue weighted by molar-refractivity contribution is 14.0. The van der Waals surface area contributed by atoms with Crippen LogP contribution in [-0.4, -0.2) is 51.2 Å². The average molecular weight is 500 g/mol. The summed E-state index contributed by atoms with van der Waals surface area (Å²) in [6.45, 7) is 2.88. The lowest BCUT2D eigenvalue weighted by Gasteiger charge is -2.33. The van der Waals surface area contributed by atoms with Gasteiger partial charge < -0.3 is 20.4 Å². The fourth-order valence-electron chi connectivity index (χ4n) is 3.23. The number of aliphatic imine (C=N–C) groups is 1. The van der Waals surface area contributed by atoms with Gasteiger partial charge in [0, 0.05) is 58.6 Å². The third-order valence-electron chi connectivity index (χ3n) is 4.61. The zero-order chi connectivity index (χ0) is 18.4. The Balaban J connectivity index is 0.00000261. The van der Waals surface area contributed by atoms with Gasteiger partial charge >= 0.3 is 0 Å². The van der Waals surface area contributed by atoms with E-state index < -0.39 is 0 Å². The Labute approximate surface area is 183 Å². The number of anilines is 2. The Morgan fingerprint density at radius 3 is 2.70 bits per heavy atom. The summed E-state index contributed by atoms with van der Waals surface area (Å²) in [5, 5.41) is 10.5. The minimum atomic E-state index is 0. The van der Waals surface area contributed by atoms with Crippen molar-refractivity contribution in [1.29, 1.82) is 0 Å². The van der Waals surface area contributed by atoms with Crippen molar-refractivity contribution < 1.29 is 0 Å². The molecule has 2 N–H and O–H groups in total. The maximum absolute atomic E-state index is 4.45. The van der Waals surface area contributed by atoms with E-state index in [1.165, 1.54) is 5.00 Å². The molecule has 0 atom stereocenters. The van der Waals surface area contributed by atoms with Gasteiger partial charge in [-0.05, 0) is 36.4 Å². The van der Waals surface area contributed by atoms with Gasteiger partial charge in [0.1, 0.15) is 5.82 Å². The van der Waals surface area contributed by atoms with Crippen molar-refractivity contribution in [3.8, 4) is 0 Å². The van der Waals surface area contributed by atoms with Gasteiger partial charge in [0.25, 0.3) is 0 Å². The number of thiophene rings is 1. The fraction of sp³-hybridized carbons (Fsp3) is 0.474. The number of pyridine rings is 1. The van der Waals surface area contributed by atoms with Gasteiger partial charge in [-0.3, -0.25) is 4.99 Å². The summed E-state index contributed by atoms with van der Waals surface area (Å²) in [5.74, 6) is 1.84. The maximum Gasteiger partial charge on any atom is 0.191 e. The molecular formula is C19H29IN6S. The molecule has 3 heterocycles. The van der Waals surface area contributed by atoms with Crippen molar-refractivity contribution in [2.75, 3.05) is 44.0 Å². The van der Waals surface area contributed by atoms with Gasteiger partial charge in [-0.1, -0.05) is 6.07 Å². The molecule has 3 rings (SSSR count). The third kappa shape index (κ3) is 5.97. The van der Waals surface area contributed by atoms with E-state index in [0.717, 1.165) is 43.3 Å². The fourth-order valence-corrected chi connectivity index (χ4v) is 4.02. The lowest BCUT2D eigenvalue weighted by Crippen LogP contribution is -2.48. The highest BCUT2D eigenvalue weighted by Crippen LogP contribution is 2.24. The Bertz CT molecular complexity index is 711. The molecule has 0 unspecified atom stereocenters. The Morgan fingerprint density at radius 2 is 2.07 bits per heavy atom. The molecule has 0 aliphatic carbocycles. The second kappa shape index (κ2) is 10.7. The van der Waals surface area contributed by atoms with E-state index in [1.54, 1.807) is 0 Å². The second-order valence-corrected chi connectivity index (χ2v) is 7.59. The number of nitrogens with zero attached hydrogens (tertiary/aromatic N) is 4. The summed E-state index contributed by atoms with van der Waals surface area (Å²) in [4.78, 5) is 13.3. The molecule has 27 heavy (non-hydrogen) atoms. The van der Waals surface area contributed by atoms with Crippen molar-refractivity contribution in [2.24, 2.45) is 4.99 Å². The van der Waals surface area contributed by atoms with Crippen LogP contribution in [0.15, 0.2) is 40.8 Å². The smallest absolute Gasteiger partial charge is 0.191 e. The molecule has 6 nitrogen and oxygen atoms in total. The van der Waals surface area contributed by atoms with Gasteiger partial charge in [0.2, 0.25) is 0 Å². The van der Waals surface area contributed by atoms with Gasteiger partial charge in [0.15, 0.2) is 5.96 Å². The van der Waals surface area contributed by atoms with Crippen LogP contribution in [0.25, 0.3) is 0 Å². The van der Waals surface area contributed by atoms with E-state index in [9.17, 15) is 0 Å². The molecule has 148 valence electrons. The number of nitrogens with one attached hydrogen (secondary N) is 2. The van der Waals surface area contributed by atoms with E-state index in [4.69, 9.17) is 0 Å². The normalized spacial score (nSPS) is 15.2. The Morgan fingerprint density at radius 1 is 1.30 bits per heavy atom. The molecule has 2 aromatic heterocycles. The molecule has 0 aromatic carbocycles. The van der Waals surface area contributed by atoms with Crippen molar-refractivity contribution in [3.63, 3.8) is 0 Å². The number of hydrogen-bond acceptors (Lipinski definition) is 5. The van der Waals surface area contributed by atoms with E-state index in [1.807, 2.05) is 49.6 Å². The first kappa shape index (κ1) is 21.7. The molecule has 1 fully saturated rings. The van der Waals surface area contributed by atoms with Gasteiger partial charge in [-0.2, -0.15) is 0 Å². The molecule has 0 saturated carbocycles. The molecule has 1 aliphatic rings. The van der Waals surface area contributed by atoms with Crippen molar-refractivity contribution in [1.82, 2.24) is 15.6 Å². The first-order chi connectivity index (χ1) is 12.7. The van der Waals surface area contributed by atoms with Crippen LogP contribution in [0, 0.1) is 0 Å². The number of piperidine rings is 1. The van der Waals surface area contributed by atoms with Crippen LogP contribution in [0.5, 0.6) is 0 Å². The lowest BCUT2D eigenvalue weighted by molar-refractivity contribution is 0.463. The monoisotopic (exact) mass is 500 g/mol. The summed E-state index contributed by atoms with van der Waals surface area (Å²) in [6.07, 6.45) is 4.07. The molecule has 0 spiro atoms. The standard InChI is InChI=1S/C19H28N6S.HI/c1-20-19(22-14-15-6-4-10-21-18(15)24(2)3)23-16-8-11-25(12-9-16)17-7-5-13-26-17;/h4-7,10,13,16H,8-9,11-12,14H2,1-3H3,(H2,20,22,23);1H. The largest absolute Gasteiger partial charge is 0.363 e. The quantitative estimate of drug-likeness (QED) is 0.376. The van der Waals surface area contributed by atoms with Crippen LogP contribution in [-0.2, 0) is 6.54 Å². The highest BCUT2D eigenvalue weighted by atomic mass is 127. The first-order valence-electron chi connectivity index (χ1n) is 9.04. The topological polar surface area (TPSA) is 55.8 Å². The van der Waals surface area contributed by atoms with Gasteiger partial charge in [0.05, 0.1) is 5.00 Å². The minimum absolute atomic E-state index is 0. The van der Waals surface area contributed by atoms with Crippen molar-refractivity contribution >= 4 is 52.1 Å². The second-order valence-electron chi connectivity index (χ2n) is 6.66. The zero-order valence-corrected chi connectivity index (χ0v) is 19.3. The van der Waals surface area contributed by atoms with E-state index >= 15 is 0 Å². The number of halogens is 1. The zero-order valence-electron chi connectivity index (χ0n) is 16.2. The maximum atomic E-state index is 4.45.